The van der Waals surface area contributed by atoms with Crippen LogP contribution < -0.4 is 37.2 Å². The van der Waals surface area contributed by atoms with E-state index >= 15 is 0 Å². The van der Waals surface area contributed by atoms with Gasteiger partial charge in [-0.05, 0) is 116 Å². The molecule has 1 saturated carbocycles. The van der Waals surface area contributed by atoms with Crippen LogP contribution in [0.25, 0.3) is 0 Å². The van der Waals surface area contributed by atoms with E-state index in [1.807, 2.05) is 19.1 Å². The molecule has 0 radical (unpaired) electrons. The minimum atomic E-state index is -5.94. The Balaban J connectivity index is 1.01. The summed E-state index contributed by atoms with van der Waals surface area (Å²) in [6.45, 7) is 8.54. The number of hydrogen-bond acceptors (Lipinski definition) is 11. The Kier molecular flexibility index (Phi) is 25.5. The highest BCUT2D eigenvalue weighted by Gasteiger charge is 2.50. The zero-order chi connectivity index (χ0) is 65.1. The average molecular weight is 1270 g/mol. The molecule has 0 bridgehead atoms. The number of carbonyl (C=O) groups excluding carboxylic acids is 9. The summed E-state index contributed by atoms with van der Waals surface area (Å²) in [6, 6.07) is 20.1. The molecular weight excluding hydrogens is 1180 g/mol. The molecule has 2 fully saturated rings. The zero-order valence-electron chi connectivity index (χ0n) is 51.5. The van der Waals surface area contributed by atoms with E-state index in [2.05, 4.69) is 58.0 Å². The number of carbonyl (C=O) groups is 9. The number of imide groups is 1. The highest BCUT2D eigenvalue weighted by atomic mass is 31.2. The van der Waals surface area contributed by atoms with Crippen molar-refractivity contribution in [3.8, 4) is 0 Å². The van der Waals surface area contributed by atoms with Crippen LogP contribution in [0.1, 0.15) is 160 Å². The number of piperidine rings is 1. The van der Waals surface area contributed by atoms with E-state index in [9.17, 15) is 66.3 Å². The van der Waals surface area contributed by atoms with E-state index in [1.54, 1.807) is 60.7 Å². The number of halogens is 2. The van der Waals surface area contributed by atoms with E-state index in [0.29, 0.717) is 78.3 Å². The van der Waals surface area contributed by atoms with Crippen molar-refractivity contribution in [2.24, 2.45) is 17.8 Å². The number of hydrogen-bond donors (Lipinski definition) is 9. The number of fused-ring (bicyclic) bond motifs is 1. The molecule has 0 spiro atoms. The van der Waals surface area contributed by atoms with Gasteiger partial charge in [0.25, 0.3) is 11.8 Å². The number of unbranched alkanes of at least 4 members (excludes halogenated alkanes) is 4. The molecule has 3 aliphatic rings. The van der Waals surface area contributed by atoms with Crippen molar-refractivity contribution in [1.82, 2.24) is 36.8 Å². The standard InChI is InChI=1S/C66H85F2N8O13P/c1-5-43-23-27-46(28-24-43)60(80)69-35-14-12-19-52(61(81)70-34-13-7-6-11-21-57(77)71-51-20-15-18-49-50(51)39-76(65(49)85)55-32-33-58(78)75-64(55)84)73-63(83)54(38-45-25-29-47(30-26-45)66(67,68)90(86,87)88)74-62(82)53(37-44-16-9-8-10-17-44)72-59(79)40-89-56-36-42(4)22-31-48(56)41(2)3/h8-10,15-18,20,23-30,41-42,48,52-56H,5-7,11-14,19,21-22,31-40H2,1-4H3,(H,69,80)(H,70,81)(H,71,77)(H,72,79)(H,73,83)(H,74,82)(H,75,78,84)(H2,86,87,88)/t42-,48+,52-,53-,54-,55?,56-/m0/s1. The van der Waals surface area contributed by atoms with Gasteiger partial charge in [0, 0.05) is 73.3 Å². The van der Waals surface area contributed by atoms with Gasteiger partial charge in [0.2, 0.25) is 41.4 Å². The van der Waals surface area contributed by atoms with Crippen LogP contribution >= 0.6 is 7.60 Å². The predicted molar refractivity (Wildman–Crippen MR) is 332 cm³/mol. The van der Waals surface area contributed by atoms with Gasteiger partial charge in [-0.25, -0.2) is 0 Å². The monoisotopic (exact) mass is 1270 g/mol. The molecule has 2 heterocycles. The van der Waals surface area contributed by atoms with Crippen molar-refractivity contribution < 1.29 is 71.0 Å². The summed E-state index contributed by atoms with van der Waals surface area (Å²) in [5, 5.41) is 19.3. The van der Waals surface area contributed by atoms with E-state index in [-0.39, 0.29) is 100 Å². The van der Waals surface area contributed by atoms with Crippen LogP contribution in [-0.4, -0.2) is 118 Å². The van der Waals surface area contributed by atoms with E-state index in [1.165, 1.54) is 4.90 Å². The van der Waals surface area contributed by atoms with Gasteiger partial charge < -0.3 is 51.3 Å². The second-order valence-corrected chi connectivity index (χ2v) is 25.8. The summed E-state index contributed by atoms with van der Waals surface area (Å²) < 4.78 is 47.6. The van der Waals surface area contributed by atoms with Gasteiger partial charge >= 0.3 is 13.3 Å². The van der Waals surface area contributed by atoms with Crippen molar-refractivity contribution in [3.05, 3.63) is 136 Å². The molecule has 9 N–H and O–H groups in total. The molecule has 2 aliphatic heterocycles. The third-order valence-corrected chi connectivity index (χ3v) is 18.0. The number of amides is 9. The molecule has 4 aromatic rings. The second-order valence-electron chi connectivity index (χ2n) is 24.1. The van der Waals surface area contributed by atoms with Gasteiger partial charge in [0.05, 0.1) is 6.10 Å². The first-order chi connectivity index (χ1) is 42.9. The van der Waals surface area contributed by atoms with Crippen LogP contribution in [0.3, 0.4) is 0 Å². The van der Waals surface area contributed by atoms with Gasteiger partial charge in [-0.2, -0.15) is 8.78 Å². The summed E-state index contributed by atoms with van der Waals surface area (Å²) in [7, 11) is -5.94. The fourth-order valence-corrected chi connectivity index (χ4v) is 12.2. The number of alkyl halides is 2. The topological polar surface area (TPSA) is 308 Å². The Labute approximate surface area is 523 Å². The summed E-state index contributed by atoms with van der Waals surface area (Å²) in [5.74, 6) is -3.72. The number of ether oxygens (including phenoxy) is 1. The molecule has 7 atom stereocenters. The van der Waals surface area contributed by atoms with Crippen molar-refractivity contribution in [1.29, 1.82) is 0 Å². The van der Waals surface area contributed by atoms with Gasteiger partial charge in [0.1, 0.15) is 30.8 Å². The summed E-state index contributed by atoms with van der Waals surface area (Å²) in [4.78, 5) is 141. The van der Waals surface area contributed by atoms with Crippen LogP contribution in [0.4, 0.5) is 14.5 Å². The molecule has 1 unspecified atom stereocenters. The van der Waals surface area contributed by atoms with Crippen molar-refractivity contribution in [2.75, 3.05) is 25.0 Å². The molecule has 1 saturated heterocycles. The number of aryl methyl sites for hydroxylation is 1. The highest BCUT2D eigenvalue weighted by molar-refractivity contribution is 7.52. The van der Waals surface area contributed by atoms with Gasteiger partial charge in [-0.3, -0.25) is 53.0 Å². The molecule has 486 valence electrons. The summed E-state index contributed by atoms with van der Waals surface area (Å²) in [5.41, 5.74) is -1.72. The molecule has 1 aliphatic carbocycles. The fourth-order valence-electron chi connectivity index (χ4n) is 11.7. The largest absolute Gasteiger partial charge is 0.399 e. The number of anilines is 1. The Hall–Kier alpha value is -7.72. The lowest BCUT2D eigenvalue weighted by Gasteiger charge is -2.37. The smallest absolute Gasteiger partial charge is 0.368 e. The lowest BCUT2D eigenvalue weighted by molar-refractivity contribution is -0.137. The van der Waals surface area contributed by atoms with Crippen LogP contribution in [0, 0.1) is 17.8 Å². The first-order valence-corrected chi connectivity index (χ1v) is 32.8. The van der Waals surface area contributed by atoms with Crippen molar-refractivity contribution in [3.63, 3.8) is 0 Å². The second kappa shape index (κ2) is 32.8. The van der Waals surface area contributed by atoms with Crippen molar-refractivity contribution in [2.45, 2.75) is 173 Å². The van der Waals surface area contributed by atoms with E-state index in [4.69, 9.17) is 4.74 Å². The minimum absolute atomic E-state index is 0.0140. The highest BCUT2D eigenvalue weighted by Crippen LogP contribution is 2.59. The maximum absolute atomic E-state index is 14.8. The van der Waals surface area contributed by atoms with Crippen LogP contribution in [-0.2, 0) is 74.3 Å². The predicted octanol–water partition coefficient (Wildman–Crippen LogP) is 7.26. The fraction of sp³-hybridized carbons (Fsp3) is 0.500. The number of rotatable bonds is 32. The van der Waals surface area contributed by atoms with Crippen LogP contribution in [0.15, 0.2) is 97.1 Å². The molecule has 90 heavy (non-hydrogen) atoms. The Morgan fingerprint density at radius 1 is 0.711 bits per heavy atom. The lowest BCUT2D eigenvalue weighted by atomic mass is 9.75. The molecule has 24 heteroatoms. The molecule has 21 nitrogen and oxygen atoms in total. The lowest BCUT2D eigenvalue weighted by Crippen LogP contribution is -2.58. The summed E-state index contributed by atoms with van der Waals surface area (Å²) >= 11 is 0. The Bertz CT molecular complexity index is 3220. The third-order valence-electron chi connectivity index (χ3n) is 17.0. The van der Waals surface area contributed by atoms with E-state index in [0.717, 1.165) is 55.5 Å². The normalized spacial score (nSPS) is 18.6. The van der Waals surface area contributed by atoms with Gasteiger partial charge in [0.15, 0.2) is 0 Å². The SMILES string of the molecule is CCc1ccc(C(=O)NCCCC[C@H](NC(=O)[C@H](Cc2ccc(C(F)(F)P(=O)(O)O)cc2)NC(=O)[C@H](Cc2ccccc2)NC(=O)CO[C@H]2C[C@@H](C)CC[C@@H]2C(C)C)C(=O)NCCCCCCC(=O)Nc2cccc3c2CN(C2CCC(=O)NC2=O)C3=O)cc1. The maximum atomic E-state index is 14.8. The first kappa shape index (κ1) is 69.7. The molecule has 7 rings (SSSR count). The maximum Gasteiger partial charge on any atom is 0.399 e. The summed E-state index contributed by atoms with van der Waals surface area (Å²) in [6.07, 6.45) is 6.43. The number of nitrogens with zero attached hydrogens (tertiary/aromatic N) is 1. The van der Waals surface area contributed by atoms with Crippen LogP contribution in [0.5, 0.6) is 0 Å². The average Bonchev–Trinajstić information content (AvgIpc) is 1.69. The Morgan fingerprint density at radius 2 is 1.34 bits per heavy atom. The molecule has 9 amide bonds. The number of benzene rings is 4. The van der Waals surface area contributed by atoms with E-state index < -0.39 is 78.4 Å². The minimum Gasteiger partial charge on any atom is -0.368 e. The third kappa shape index (κ3) is 19.6. The Morgan fingerprint density at radius 3 is 2.01 bits per heavy atom. The van der Waals surface area contributed by atoms with Gasteiger partial charge in [-0.1, -0.05) is 120 Å². The molecule has 4 aromatic carbocycles. The number of nitrogens with one attached hydrogen (secondary N) is 7. The quantitative estimate of drug-likeness (QED) is 0.0132. The van der Waals surface area contributed by atoms with Gasteiger partial charge in [-0.15, -0.1) is 0 Å². The molecular formula is C66H85F2N8O13P. The van der Waals surface area contributed by atoms with Crippen LogP contribution in [0.2, 0.25) is 0 Å². The first-order valence-electron chi connectivity index (χ1n) is 31.2. The molecule has 0 aromatic heterocycles. The van der Waals surface area contributed by atoms with Crippen molar-refractivity contribution >= 4 is 66.4 Å². The zero-order valence-corrected chi connectivity index (χ0v) is 52.4.